The molecule has 3 heteroatoms. The second-order valence-corrected chi connectivity index (χ2v) is 3.35. The fourth-order valence-corrected chi connectivity index (χ4v) is 1.34. The molecular weight excluding hydrogens is 184 g/mol. The molecular formula is C10H9ClN2. The largest absolute Gasteiger partial charge is 0.285 e. The van der Waals surface area contributed by atoms with Crippen LogP contribution in [0.5, 0.6) is 0 Å². The van der Waals surface area contributed by atoms with E-state index in [9.17, 15) is 0 Å². The van der Waals surface area contributed by atoms with Crippen molar-refractivity contribution < 1.29 is 0 Å². The lowest BCUT2D eigenvalue weighted by molar-refractivity contribution is 1.09. The van der Waals surface area contributed by atoms with E-state index >= 15 is 0 Å². The molecule has 1 aromatic carbocycles. The average molecular weight is 193 g/mol. The third kappa shape index (κ3) is 2.10. The zero-order valence-electron chi connectivity index (χ0n) is 7.00. The maximum Gasteiger partial charge on any atom is 0.0522 e. The summed E-state index contributed by atoms with van der Waals surface area (Å²) in [6, 6.07) is 7.85. The van der Waals surface area contributed by atoms with E-state index < -0.39 is 0 Å². The molecule has 2 aromatic rings. The van der Waals surface area contributed by atoms with E-state index in [1.165, 1.54) is 11.1 Å². The Morgan fingerprint density at radius 2 is 1.92 bits per heavy atom. The van der Waals surface area contributed by atoms with Crippen LogP contribution < -0.4 is 0 Å². The number of hydrogen-bond donors (Lipinski definition) is 1. The van der Waals surface area contributed by atoms with Crippen LogP contribution in [0.15, 0.2) is 36.7 Å². The van der Waals surface area contributed by atoms with Crippen molar-refractivity contribution in [3.8, 4) is 0 Å². The Morgan fingerprint density at radius 1 is 1.15 bits per heavy atom. The monoisotopic (exact) mass is 192 g/mol. The van der Waals surface area contributed by atoms with Gasteiger partial charge >= 0.3 is 0 Å². The van der Waals surface area contributed by atoms with E-state index in [4.69, 9.17) is 11.6 Å². The number of rotatable bonds is 2. The first kappa shape index (κ1) is 8.32. The van der Waals surface area contributed by atoms with Gasteiger partial charge in [-0.3, -0.25) is 5.10 Å². The normalized spacial score (nSPS) is 10.2. The molecule has 0 aliphatic heterocycles. The Hall–Kier alpha value is -1.28. The average Bonchev–Trinajstić information content (AvgIpc) is 2.62. The highest BCUT2D eigenvalue weighted by Gasteiger charge is 1.96. The molecule has 0 amide bonds. The maximum absolute atomic E-state index is 5.78. The van der Waals surface area contributed by atoms with Crippen LogP contribution in [-0.4, -0.2) is 10.2 Å². The predicted octanol–water partition coefficient (Wildman–Crippen LogP) is 2.65. The summed E-state index contributed by atoms with van der Waals surface area (Å²) in [6.45, 7) is 0. The molecule has 0 radical (unpaired) electrons. The van der Waals surface area contributed by atoms with Crippen LogP contribution in [-0.2, 0) is 6.42 Å². The predicted molar refractivity (Wildman–Crippen MR) is 52.8 cm³/mol. The maximum atomic E-state index is 5.78. The van der Waals surface area contributed by atoms with Gasteiger partial charge in [-0.25, -0.2) is 0 Å². The summed E-state index contributed by atoms with van der Waals surface area (Å²) in [6.07, 6.45) is 4.62. The van der Waals surface area contributed by atoms with Gasteiger partial charge in [-0.15, -0.1) is 0 Å². The van der Waals surface area contributed by atoms with Crippen LogP contribution in [0.3, 0.4) is 0 Å². The molecule has 1 heterocycles. The topological polar surface area (TPSA) is 28.7 Å². The van der Waals surface area contributed by atoms with Crippen LogP contribution in [0, 0.1) is 0 Å². The number of halogens is 1. The zero-order chi connectivity index (χ0) is 9.10. The summed E-state index contributed by atoms with van der Waals surface area (Å²) in [5.41, 5.74) is 2.42. The first-order chi connectivity index (χ1) is 6.34. The van der Waals surface area contributed by atoms with Crippen molar-refractivity contribution in [2.24, 2.45) is 0 Å². The molecule has 0 saturated heterocycles. The highest BCUT2D eigenvalue weighted by Crippen LogP contribution is 2.12. The number of nitrogens with zero attached hydrogens (tertiary/aromatic N) is 1. The van der Waals surface area contributed by atoms with Gasteiger partial charge in [0.15, 0.2) is 0 Å². The van der Waals surface area contributed by atoms with Gasteiger partial charge in [-0.1, -0.05) is 23.7 Å². The van der Waals surface area contributed by atoms with Gasteiger partial charge in [0.1, 0.15) is 0 Å². The summed E-state index contributed by atoms with van der Waals surface area (Å²) in [5.74, 6) is 0. The van der Waals surface area contributed by atoms with E-state index in [1.54, 1.807) is 0 Å². The molecule has 0 fully saturated rings. The lowest BCUT2D eigenvalue weighted by atomic mass is 10.1. The summed E-state index contributed by atoms with van der Waals surface area (Å²) in [4.78, 5) is 0. The molecule has 13 heavy (non-hydrogen) atoms. The van der Waals surface area contributed by atoms with E-state index in [0.29, 0.717) is 0 Å². The van der Waals surface area contributed by atoms with Crippen LogP contribution in [0.2, 0.25) is 5.02 Å². The van der Waals surface area contributed by atoms with E-state index in [0.717, 1.165) is 11.4 Å². The summed E-state index contributed by atoms with van der Waals surface area (Å²) in [7, 11) is 0. The Morgan fingerprint density at radius 3 is 2.54 bits per heavy atom. The molecule has 1 N–H and O–H groups in total. The van der Waals surface area contributed by atoms with Crippen LogP contribution in [0.1, 0.15) is 11.1 Å². The van der Waals surface area contributed by atoms with Crippen molar-refractivity contribution in [2.45, 2.75) is 6.42 Å². The van der Waals surface area contributed by atoms with Gasteiger partial charge in [-0.05, 0) is 23.3 Å². The van der Waals surface area contributed by atoms with Crippen LogP contribution in [0.4, 0.5) is 0 Å². The third-order valence-electron chi connectivity index (χ3n) is 1.88. The van der Waals surface area contributed by atoms with Crippen LogP contribution in [0.25, 0.3) is 0 Å². The lowest BCUT2D eigenvalue weighted by Gasteiger charge is -1.97. The number of aromatic nitrogens is 2. The molecule has 0 aliphatic carbocycles. The van der Waals surface area contributed by atoms with Crippen molar-refractivity contribution in [3.63, 3.8) is 0 Å². The van der Waals surface area contributed by atoms with Crippen molar-refractivity contribution >= 4 is 11.6 Å². The number of aromatic amines is 1. The first-order valence-corrected chi connectivity index (χ1v) is 4.44. The van der Waals surface area contributed by atoms with E-state index in [1.807, 2.05) is 36.7 Å². The second-order valence-electron chi connectivity index (χ2n) is 2.91. The standard InChI is InChI=1S/C10H9ClN2/c11-10-3-1-8(2-4-10)5-9-6-12-13-7-9/h1-4,6-7H,5H2,(H,12,13). The SMILES string of the molecule is Clc1ccc(Cc2cn[nH]c2)cc1. The van der Waals surface area contributed by atoms with Crippen LogP contribution >= 0.6 is 11.6 Å². The number of nitrogens with one attached hydrogen (secondary N) is 1. The minimum absolute atomic E-state index is 0.774. The Balaban J connectivity index is 2.15. The minimum Gasteiger partial charge on any atom is -0.285 e. The van der Waals surface area contributed by atoms with Gasteiger partial charge in [0, 0.05) is 17.6 Å². The molecule has 2 nitrogen and oxygen atoms in total. The quantitative estimate of drug-likeness (QED) is 0.779. The first-order valence-electron chi connectivity index (χ1n) is 4.07. The Kier molecular flexibility index (Phi) is 2.32. The molecule has 0 saturated carbocycles. The molecule has 66 valence electrons. The van der Waals surface area contributed by atoms with E-state index in [-0.39, 0.29) is 0 Å². The second kappa shape index (κ2) is 3.62. The van der Waals surface area contributed by atoms with Gasteiger partial charge in [0.25, 0.3) is 0 Å². The number of H-pyrrole nitrogens is 1. The van der Waals surface area contributed by atoms with Crippen molar-refractivity contribution in [3.05, 3.63) is 52.8 Å². The molecule has 0 atom stereocenters. The minimum atomic E-state index is 0.774. The zero-order valence-corrected chi connectivity index (χ0v) is 7.75. The lowest BCUT2D eigenvalue weighted by Crippen LogP contribution is -1.84. The molecule has 1 aromatic heterocycles. The fraction of sp³-hybridized carbons (Fsp3) is 0.100. The van der Waals surface area contributed by atoms with E-state index in [2.05, 4.69) is 10.2 Å². The summed E-state index contributed by atoms with van der Waals surface area (Å²) in [5, 5.41) is 7.44. The summed E-state index contributed by atoms with van der Waals surface area (Å²) < 4.78 is 0. The molecule has 0 aliphatic rings. The van der Waals surface area contributed by atoms with Crippen molar-refractivity contribution in [2.75, 3.05) is 0 Å². The van der Waals surface area contributed by atoms with Gasteiger partial charge < -0.3 is 0 Å². The van der Waals surface area contributed by atoms with Gasteiger partial charge in [0.2, 0.25) is 0 Å². The molecule has 0 unspecified atom stereocenters. The molecule has 0 spiro atoms. The Labute approximate surface area is 81.6 Å². The highest BCUT2D eigenvalue weighted by molar-refractivity contribution is 6.30. The summed E-state index contributed by atoms with van der Waals surface area (Å²) >= 11 is 5.78. The molecule has 2 rings (SSSR count). The third-order valence-corrected chi connectivity index (χ3v) is 2.13. The number of hydrogen-bond acceptors (Lipinski definition) is 1. The highest BCUT2D eigenvalue weighted by atomic mass is 35.5. The number of benzene rings is 1. The fourth-order valence-electron chi connectivity index (χ4n) is 1.21. The van der Waals surface area contributed by atoms with Crippen molar-refractivity contribution in [1.82, 2.24) is 10.2 Å². The van der Waals surface area contributed by atoms with Crippen molar-refractivity contribution in [1.29, 1.82) is 0 Å². The Bertz CT molecular complexity index is 364. The van der Waals surface area contributed by atoms with Gasteiger partial charge in [-0.2, -0.15) is 5.10 Å². The molecule has 0 bridgehead atoms. The van der Waals surface area contributed by atoms with Gasteiger partial charge in [0.05, 0.1) is 6.20 Å². The smallest absolute Gasteiger partial charge is 0.0522 e.